The van der Waals surface area contributed by atoms with Crippen molar-refractivity contribution in [3.8, 4) is 0 Å². The van der Waals surface area contributed by atoms with Crippen LogP contribution in [0, 0.1) is 6.92 Å². The predicted octanol–water partition coefficient (Wildman–Crippen LogP) is 4.02. The molecule has 1 aromatic rings. The zero-order valence-corrected chi connectivity index (χ0v) is 8.65. The summed E-state index contributed by atoms with van der Waals surface area (Å²) in [4.78, 5) is 1.10. The molecule has 0 aliphatic rings. The minimum atomic E-state index is 0.738. The van der Waals surface area contributed by atoms with Crippen LogP contribution >= 0.6 is 35.0 Å². The lowest BCUT2D eigenvalue weighted by atomic mass is 10.2. The van der Waals surface area contributed by atoms with Gasteiger partial charge in [0.2, 0.25) is 0 Å². The van der Waals surface area contributed by atoms with E-state index >= 15 is 0 Å². The highest BCUT2D eigenvalue weighted by molar-refractivity contribution is 7.98. The van der Waals surface area contributed by atoms with Gasteiger partial charge in [-0.3, -0.25) is 0 Å². The molecule has 0 heterocycles. The fraction of sp³-hybridized carbons (Fsp3) is 0.250. The fourth-order valence-corrected chi connectivity index (χ4v) is 1.83. The first-order valence-corrected chi connectivity index (χ1v) is 5.13. The lowest BCUT2D eigenvalue weighted by Crippen LogP contribution is -1.78. The Labute approximate surface area is 80.9 Å². The van der Waals surface area contributed by atoms with Crippen LogP contribution in [-0.2, 0) is 0 Å². The molecule has 0 N–H and O–H groups in total. The highest BCUT2D eigenvalue weighted by atomic mass is 35.5. The first-order chi connectivity index (χ1) is 5.15. The van der Waals surface area contributed by atoms with E-state index in [1.54, 1.807) is 11.8 Å². The van der Waals surface area contributed by atoms with Crippen molar-refractivity contribution in [1.82, 2.24) is 0 Å². The summed E-state index contributed by atoms with van der Waals surface area (Å²) in [5.41, 5.74) is 0.950. The van der Waals surface area contributed by atoms with Crippen LogP contribution in [0.5, 0.6) is 0 Å². The molecule has 0 aliphatic heterocycles. The number of hydrogen-bond acceptors (Lipinski definition) is 1. The van der Waals surface area contributed by atoms with Crippen molar-refractivity contribution in [1.29, 1.82) is 0 Å². The molecular weight excluding hydrogens is 199 g/mol. The van der Waals surface area contributed by atoms with Crippen LogP contribution < -0.4 is 0 Å². The Morgan fingerprint density at radius 3 is 2.00 bits per heavy atom. The second-order valence-electron chi connectivity index (χ2n) is 2.22. The zero-order valence-electron chi connectivity index (χ0n) is 6.32. The van der Waals surface area contributed by atoms with Gasteiger partial charge < -0.3 is 0 Å². The van der Waals surface area contributed by atoms with E-state index in [0.717, 1.165) is 20.5 Å². The summed E-state index contributed by atoms with van der Waals surface area (Å²) < 4.78 is 0. The SMILES string of the molecule is CSc1cc(Cl)c(C)c(Cl)c1. The minimum Gasteiger partial charge on any atom is -0.129 e. The summed E-state index contributed by atoms with van der Waals surface area (Å²) in [7, 11) is 0. The van der Waals surface area contributed by atoms with Crippen molar-refractivity contribution >= 4 is 35.0 Å². The van der Waals surface area contributed by atoms with E-state index in [1.165, 1.54) is 0 Å². The van der Waals surface area contributed by atoms with Gasteiger partial charge in [0.05, 0.1) is 0 Å². The molecule has 1 rings (SSSR count). The molecule has 3 heteroatoms. The summed E-state index contributed by atoms with van der Waals surface area (Å²) in [6, 6.07) is 3.85. The summed E-state index contributed by atoms with van der Waals surface area (Å²) >= 11 is 13.4. The maximum atomic E-state index is 5.90. The molecule has 1 aromatic carbocycles. The van der Waals surface area contributed by atoms with Crippen molar-refractivity contribution in [3.05, 3.63) is 27.7 Å². The van der Waals surface area contributed by atoms with Gasteiger partial charge in [-0.15, -0.1) is 11.8 Å². The third-order valence-electron chi connectivity index (χ3n) is 1.49. The van der Waals surface area contributed by atoms with Gasteiger partial charge in [-0.05, 0) is 30.9 Å². The Hall–Kier alpha value is 0.150. The van der Waals surface area contributed by atoms with Crippen molar-refractivity contribution < 1.29 is 0 Å². The van der Waals surface area contributed by atoms with E-state index in [0.29, 0.717) is 0 Å². The number of rotatable bonds is 1. The summed E-state index contributed by atoms with van der Waals surface area (Å²) in [5, 5.41) is 1.48. The minimum absolute atomic E-state index is 0.738. The Morgan fingerprint density at radius 1 is 1.18 bits per heavy atom. The highest BCUT2D eigenvalue weighted by Gasteiger charge is 2.02. The average Bonchev–Trinajstić information content (AvgIpc) is 1.99. The molecule has 0 amide bonds. The van der Waals surface area contributed by atoms with Gasteiger partial charge in [0.1, 0.15) is 0 Å². The molecule has 0 aliphatic carbocycles. The largest absolute Gasteiger partial charge is 0.129 e. The van der Waals surface area contributed by atoms with Gasteiger partial charge in [-0.1, -0.05) is 23.2 Å². The lowest BCUT2D eigenvalue weighted by Gasteiger charge is -2.03. The molecule has 0 atom stereocenters. The first kappa shape index (κ1) is 9.24. The Morgan fingerprint density at radius 2 is 1.64 bits per heavy atom. The van der Waals surface area contributed by atoms with E-state index < -0.39 is 0 Å². The van der Waals surface area contributed by atoms with E-state index in [9.17, 15) is 0 Å². The van der Waals surface area contributed by atoms with Crippen molar-refractivity contribution in [2.24, 2.45) is 0 Å². The zero-order chi connectivity index (χ0) is 8.43. The second kappa shape index (κ2) is 3.70. The maximum Gasteiger partial charge on any atom is 0.0461 e. The van der Waals surface area contributed by atoms with E-state index in [2.05, 4.69) is 0 Å². The molecule has 0 fully saturated rings. The molecule has 0 unspecified atom stereocenters. The van der Waals surface area contributed by atoms with Gasteiger partial charge in [0, 0.05) is 14.9 Å². The normalized spacial score (nSPS) is 10.2. The fourth-order valence-electron chi connectivity index (χ4n) is 0.740. The van der Waals surface area contributed by atoms with Crippen LogP contribution in [-0.4, -0.2) is 6.26 Å². The van der Waals surface area contributed by atoms with Gasteiger partial charge in [-0.25, -0.2) is 0 Å². The standard InChI is InChI=1S/C8H8Cl2S/c1-5-7(9)3-6(11-2)4-8(5)10/h3-4H,1-2H3. The molecule has 0 saturated carbocycles. The summed E-state index contributed by atoms with van der Waals surface area (Å²) in [5.74, 6) is 0. The molecule has 60 valence electrons. The summed E-state index contributed by atoms with van der Waals surface area (Å²) in [6.07, 6.45) is 2.00. The number of benzene rings is 1. The third-order valence-corrected chi connectivity index (χ3v) is 2.98. The predicted molar refractivity (Wildman–Crippen MR) is 53.0 cm³/mol. The Kier molecular flexibility index (Phi) is 3.11. The molecule has 0 nitrogen and oxygen atoms in total. The van der Waals surface area contributed by atoms with E-state index in [1.807, 2.05) is 25.3 Å². The van der Waals surface area contributed by atoms with Crippen molar-refractivity contribution in [2.45, 2.75) is 11.8 Å². The van der Waals surface area contributed by atoms with Gasteiger partial charge >= 0.3 is 0 Å². The van der Waals surface area contributed by atoms with Crippen LogP contribution in [0.4, 0.5) is 0 Å². The maximum absolute atomic E-state index is 5.90. The Balaban J connectivity index is 3.21. The molecular formula is C8H8Cl2S. The van der Waals surface area contributed by atoms with Crippen molar-refractivity contribution in [3.63, 3.8) is 0 Å². The second-order valence-corrected chi connectivity index (χ2v) is 3.91. The highest BCUT2D eigenvalue weighted by Crippen LogP contribution is 2.29. The molecule has 0 bridgehead atoms. The lowest BCUT2D eigenvalue weighted by molar-refractivity contribution is 1.38. The molecule has 0 radical (unpaired) electrons. The van der Waals surface area contributed by atoms with E-state index in [4.69, 9.17) is 23.2 Å². The monoisotopic (exact) mass is 206 g/mol. The van der Waals surface area contributed by atoms with Crippen LogP contribution in [0.15, 0.2) is 17.0 Å². The number of thioether (sulfide) groups is 1. The van der Waals surface area contributed by atoms with Crippen LogP contribution in [0.25, 0.3) is 0 Å². The van der Waals surface area contributed by atoms with Gasteiger partial charge in [0.25, 0.3) is 0 Å². The van der Waals surface area contributed by atoms with E-state index in [-0.39, 0.29) is 0 Å². The van der Waals surface area contributed by atoms with Crippen molar-refractivity contribution in [2.75, 3.05) is 6.26 Å². The smallest absolute Gasteiger partial charge is 0.0461 e. The van der Waals surface area contributed by atoms with Crippen LogP contribution in [0.3, 0.4) is 0 Å². The number of hydrogen-bond donors (Lipinski definition) is 0. The molecule has 11 heavy (non-hydrogen) atoms. The topological polar surface area (TPSA) is 0 Å². The quantitative estimate of drug-likeness (QED) is 0.626. The first-order valence-electron chi connectivity index (χ1n) is 3.15. The van der Waals surface area contributed by atoms with Gasteiger partial charge in [-0.2, -0.15) is 0 Å². The van der Waals surface area contributed by atoms with Crippen LogP contribution in [0.1, 0.15) is 5.56 Å². The summed E-state index contributed by atoms with van der Waals surface area (Å²) in [6.45, 7) is 1.91. The molecule has 0 saturated heterocycles. The Bertz CT molecular complexity index is 248. The average molecular weight is 207 g/mol. The number of halogens is 2. The van der Waals surface area contributed by atoms with Gasteiger partial charge in [0.15, 0.2) is 0 Å². The third kappa shape index (κ3) is 2.05. The van der Waals surface area contributed by atoms with Crippen LogP contribution in [0.2, 0.25) is 10.0 Å². The molecule has 0 spiro atoms. The molecule has 0 aromatic heterocycles.